The molecule has 0 saturated heterocycles. The average Bonchev–Trinajstić information content (AvgIpc) is 0. The molecule has 9 heteroatoms. The summed E-state index contributed by atoms with van der Waals surface area (Å²) in [4.78, 5) is 0. The van der Waals surface area contributed by atoms with Crippen LogP contribution in [0.2, 0.25) is 0 Å². The zero-order valence-electron chi connectivity index (χ0n) is 2.80. The molecule has 0 aliphatic heterocycles. The molecule has 0 atom stereocenters. The van der Waals surface area contributed by atoms with Crippen molar-refractivity contribution in [2.24, 2.45) is 0 Å². The molecule has 0 spiro atoms. The summed E-state index contributed by atoms with van der Waals surface area (Å²) in [6.45, 7) is 0. The Labute approximate surface area is 191 Å². The molecule has 60 valence electrons. The second-order valence-corrected chi connectivity index (χ2v) is 0. The topological polar surface area (TPSA) is 0 Å². The Morgan fingerprint density at radius 1 is 0.333 bits per heavy atom. The van der Waals surface area contributed by atoms with Crippen LogP contribution < -0.4 is 0 Å². The van der Waals surface area contributed by atoms with Gasteiger partial charge in [0.1, 0.15) is 0 Å². The summed E-state index contributed by atoms with van der Waals surface area (Å²) < 4.78 is 0. The zero-order chi connectivity index (χ0) is 0. The summed E-state index contributed by atoms with van der Waals surface area (Å²) in [5.74, 6) is 0. The van der Waals surface area contributed by atoms with Crippen molar-refractivity contribution < 1.29 is 19.8 Å². The van der Waals surface area contributed by atoms with Gasteiger partial charge in [-0.05, 0) is 0 Å². The number of hydrogen-bond donors (Lipinski definition) is 0. The minimum atomic E-state index is 0. The Kier molecular flexibility index (Phi) is 650. The number of rotatable bonds is 0. The molecule has 0 radical (unpaired) electrons. The van der Waals surface area contributed by atoms with E-state index in [1.807, 2.05) is 0 Å². The molecule has 0 bridgehead atoms. The van der Waals surface area contributed by atoms with Gasteiger partial charge in [-0.15, -0.1) is 74.4 Å². The predicted molar refractivity (Wildman–Crippen MR) is 57.8 cm³/mol. The van der Waals surface area contributed by atoms with Gasteiger partial charge in [-0.1, -0.05) is 0 Å². The van der Waals surface area contributed by atoms with Crippen molar-refractivity contribution >= 4 is 177 Å². The molecule has 0 aromatic heterocycles. The van der Waals surface area contributed by atoms with E-state index in [1.165, 1.54) is 0 Å². The van der Waals surface area contributed by atoms with Crippen LogP contribution in [0.15, 0.2) is 0 Å². The quantitative estimate of drug-likeness (QED) is 0.450. The van der Waals surface area contributed by atoms with E-state index in [-0.39, 0.29) is 197 Å². The summed E-state index contributed by atoms with van der Waals surface area (Å²) in [6.07, 6.45) is 0. The second kappa shape index (κ2) is 68.4. The smallest absolute Gasteiger partial charge is 0 e. The van der Waals surface area contributed by atoms with E-state index in [4.69, 9.17) is 0 Å². The summed E-state index contributed by atoms with van der Waals surface area (Å²) in [6, 6.07) is 0. The molecule has 0 nitrogen and oxygen atoms in total. The van der Waals surface area contributed by atoms with Crippen molar-refractivity contribution in [3.05, 3.63) is 0 Å². The van der Waals surface area contributed by atoms with E-state index < -0.39 is 0 Å². The van der Waals surface area contributed by atoms with Gasteiger partial charge in [0.05, 0.1) is 0 Å². The molecule has 0 fully saturated rings. The van der Waals surface area contributed by atoms with Crippen LogP contribution in [0, 0.1) is 0 Å². The fraction of sp³-hybridized carbons (Fsp3) is 0. The Morgan fingerprint density at radius 2 is 0.333 bits per heavy atom. The minimum Gasteiger partial charge on any atom is 0 e. The Bertz CT molecular complexity index is 11.0. The van der Waals surface area contributed by atoms with Crippen LogP contribution in [-0.4, -0.2) is 103 Å². The van der Waals surface area contributed by atoms with Gasteiger partial charge in [-0.2, -0.15) is 0 Å². The van der Waals surface area contributed by atoms with Gasteiger partial charge < -0.3 is 0 Å². The Balaban J connectivity index is 0. The molecule has 0 aliphatic carbocycles. The Morgan fingerprint density at radius 3 is 0.333 bits per heavy atom. The fourth-order valence-electron chi connectivity index (χ4n) is 0. The zero-order valence-corrected chi connectivity index (χ0v) is 10.2. The van der Waals surface area contributed by atoms with E-state index in [0.29, 0.717) is 0 Å². The van der Waals surface area contributed by atoms with Crippen molar-refractivity contribution in [2.45, 2.75) is 0 Å². The van der Waals surface area contributed by atoms with Gasteiger partial charge in [-0.25, -0.2) is 0 Å². The first kappa shape index (κ1) is 85.5. The summed E-state index contributed by atoms with van der Waals surface area (Å²) in [5, 5.41) is 0. The van der Waals surface area contributed by atoms with Crippen molar-refractivity contribution in [3.63, 3.8) is 0 Å². The van der Waals surface area contributed by atoms with Crippen molar-refractivity contribution in [1.29, 1.82) is 0 Å². The first-order valence-corrected chi connectivity index (χ1v) is 0. The monoisotopic (exact) mass is 488 g/mol. The number of hydrogen-bond acceptors (Lipinski definition) is 0. The largest absolute Gasteiger partial charge is 0 e. The summed E-state index contributed by atoms with van der Waals surface area (Å²) in [7, 11) is 0. The van der Waals surface area contributed by atoms with Crippen LogP contribution in [-0.2, 0) is 19.8 Å². The molecule has 0 aromatic rings. The van der Waals surface area contributed by atoms with Gasteiger partial charge in [-0.3, -0.25) is 0 Å². The van der Waals surface area contributed by atoms with Crippen LogP contribution in [0.25, 0.3) is 0 Å². The van der Waals surface area contributed by atoms with E-state index in [1.54, 1.807) is 0 Å². The molecule has 0 heterocycles. The van der Waals surface area contributed by atoms with Gasteiger partial charge in [0.15, 0.2) is 0 Å². The third kappa shape index (κ3) is 58.0. The molecule has 0 unspecified atom stereocenters. The second-order valence-electron chi connectivity index (χ2n) is 0. The molecule has 0 rings (SSSR count). The molecule has 0 aliphatic rings. The molecule has 0 amide bonds. The van der Waals surface area contributed by atoms with Gasteiger partial charge in [0.2, 0.25) is 0 Å². The van der Waals surface area contributed by atoms with E-state index >= 15 is 0 Å². The van der Waals surface area contributed by atoms with E-state index in [0.717, 1.165) is 0 Å². The maximum atomic E-state index is 0. The van der Waals surface area contributed by atoms with Gasteiger partial charge in [0, 0.05) is 19.8 Å². The first-order valence-electron chi connectivity index (χ1n) is 0. The Hall–Kier alpha value is 5.65. The van der Waals surface area contributed by atoms with Crippen molar-refractivity contribution in [1.82, 2.24) is 0 Å². The molecule has 0 saturated carbocycles. The maximum absolute atomic E-state index is 0. The van der Waals surface area contributed by atoms with Crippen LogP contribution in [0.1, 0.15) is 0 Å². The van der Waals surface area contributed by atoms with Crippen LogP contribution in [0.3, 0.4) is 0 Å². The average molecular weight is 489 g/mol. The normalized spacial score (nSPS) is 0. The molecule has 0 N–H and O–H groups in total. The van der Waals surface area contributed by atoms with E-state index in [2.05, 4.69) is 0 Å². The molecular formula is H8Cl6K2Os. The van der Waals surface area contributed by atoms with Crippen LogP contribution in [0.4, 0.5) is 0 Å². The first-order chi connectivity index (χ1) is 0. The third-order valence-corrected chi connectivity index (χ3v) is 0. The van der Waals surface area contributed by atoms with Crippen LogP contribution in [0.5, 0.6) is 0 Å². The predicted octanol–water partition coefficient (Wildman–Crippen LogP) is 1.23. The van der Waals surface area contributed by atoms with Crippen LogP contribution >= 0.6 is 74.4 Å². The molecular weight excluding hydrogens is 481 g/mol. The molecule has 9 heavy (non-hydrogen) atoms. The SMILES string of the molecule is Cl.Cl.Cl.Cl.Cl.Cl.[KH].[KH].[Os]. The summed E-state index contributed by atoms with van der Waals surface area (Å²) >= 11 is 0. The molecule has 0 aromatic carbocycles. The van der Waals surface area contributed by atoms with E-state index in [9.17, 15) is 0 Å². The third-order valence-electron chi connectivity index (χ3n) is 0. The van der Waals surface area contributed by atoms with Crippen molar-refractivity contribution in [2.75, 3.05) is 0 Å². The maximum Gasteiger partial charge on any atom is 0 e. The standard InChI is InChI=1S/6ClH.2K.Os.2H/h6*1H;;;;;. The fourth-order valence-corrected chi connectivity index (χ4v) is 0. The van der Waals surface area contributed by atoms with Gasteiger partial charge >= 0.3 is 103 Å². The van der Waals surface area contributed by atoms with Gasteiger partial charge in [0.25, 0.3) is 0 Å². The number of halogens is 6. The summed E-state index contributed by atoms with van der Waals surface area (Å²) in [5.41, 5.74) is 0. The van der Waals surface area contributed by atoms with Crippen molar-refractivity contribution in [3.8, 4) is 0 Å². The minimum absolute atomic E-state index is 0.